The average Bonchev–Trinajstić information content (AvgIpc) is 2.51. The van der Waals surface area contributed by atoms with Crippen LogP contribution in [0.3, 0.4) is 0 Å². The SMILES string of the molecule is CC1=CC2(CCCO2)C(Cl)=CC1=O. The van der Waals surface area contributed by atoms with E-state index in [0.717, 1.165) is 25.0 Å². The van der Waals surface area contributed by atoms with Gasteiger partial charge in [0.2, 0.25) is 0 Å². The number of halogens is 1. The van der Waals surface area contributed by atoms with Crippen LogP contribution >= 0.6 is 11.6 Å². The minimum Gasteiger partial charge on any atom is -0.365 e. The molecule has 1 atom stereocenters. The summed E-state index contributed by atoms with van der Waals surface area (Å²) in [6.45, 7) is 2.52. The molecule has 1 spiro atoms. The van der Waals surface area contributed by atoms with Crippen LogP contribution in [-0.2, 0) is 9.53 Å². The molecule has 0 aromatic carbocycles. The van der Waals surface area contributed by atoms with Crippen LogP contribution in [0.5, 0.6) is 0 Å². The van der Waals surface area contributed by atoms with Crippen LogP contribution in [0.25, 0.3) is 0 Å². The van der Waals surface area contributed by atoms with Crippen molar-refractivity contribution in [2.45, 2.75) is 25.4 Å². The zero-order valence-corrected chi connectivity index (χ0v) is 8.23. The van der Waals surface area contributed by atoms with Gasteiger partial charge in [-0.05, 0) is 31.4 Å². The van der Waals surface area contributed by atoms with Gasteiger partial charge < -0.3 is 4.74 Å². The summed E-state index contributed by atoms with van der Waals surface area (Å²) in [6, 6.07) is 0. The third-order valence-electron chi connectivity index (χ3n) is 2.55. The molecular weight excluding hydrogens is 188 g/mol. The molecule has 2 rings (SSSR count). The van der Waals surface area contributed by atoms with Crippen LogP contribution in [0.1, 0.15) is 19.8 Å². The number of rotatable bonds is 0. The van der Waals surface area contributed by atoms with Gasteiger partial charge in [0.25, 0.3) is 0 Å². The summed E-state index contributed by atoms with van der Waals surface area (Å²) in [5, 5.41) is 0.528. The van der Waals surface area contributed by atoms with Crippen LogP contribution in [0.4, 0.5) is 0 Å². The molecule has 0 aromatic heterocycles. The second kappa shape index (κ2) is 2.96. The molecule has 1 aliphatic heterocycles. The van der Waals surface area contributed by atoms with Crippen molar-refractivity contribution >= 4 is 17.4 Å². The fourth-order valence-corrected chi connectivity index (χ4v) is 2.11. The van der Waals surface area contributed by atoms with Gasteiger partial charge in [-0.2, -0.15) is 0 Å². The van der Waals surface area contributed by atoms with Gasteiger partial charge >= 0.3 is 0 Å². The molecule has 0 radical (unpaired) electrons. The van der Waals surface area contributed by atoms with Crippen molar-refractivity contribution in [3.63, 3.8) is 0 Å². The van der Waals surface area contributed by atoms with Crippen LogP contribution in [0.2, 0.25) is 0 Å². The monoisotopic (exact) mass is 198 g/mol. The highest BCUT2D eigenvalue weighted by atomic mass is 35.5. The zero-order chi connectivity index (χ0) is 9.47. The lowest BCUT2D eigenvalue weighted by Crippen LogP contribution is -2.29. The van der Waals surface area contributed by atoms with Gasteiger partial charge in [-0.15, -0.1) is 0 Å². The molecule has 1 heterocycles. The van der Waals surface area contributed by atoms with Crippen molar-refractivity contribution < 1.29 is 9.53 Å². The predicted octanol–water partition coefficient (Wildman–Crippen LogP) is 2.19. The highest BCUT2D eigenvalue weighted by Crippen LogP contribution is 2.39. The Kier molecular flexibility index (Phi) is 2.05. The van der Waals surface area contributed by atoms with Gasteiger partial charge in [0.15, 0.2) is 5.78 Å². The third-order valence-corrected chi connectivity index (χ3v) is 2.98. The third kappa shape index (κ3) is 1.34. The minimum atomic E-state index is -0.473. The Bertz CT molecular complexity index is 309. The van der Waals surface area contributed by atoms with E-state index in [2.05, 4.69) is 0 Å². The molecule has 1 aliphatic carbocycles. The van der Waals surface area contributed by atoms with Crippen molar-refractivity contribution in [3.05, 3.63) is 22.8 Å². The first kappa shape index (κ1) is 8.97. The smallest absolute Gasteiger partial charge is 0.182 e. The molecule has 2 nitrogen and oxygen atoms in total. The summed E-state index contributed by atoms with van der Waals surface area (Å²) in [5.41, 5.74) is 0.255. The molecule has 0 aromatic rings. The van der Waals surface area contributed by atoms with Crippen molar-refractivity contribution in [2.24, 2.45) is 0 Å². The quantitative estimate of drug-likeness (QED) is 0.597. The van der Waals surface area contributed by atoms with E-state index in [-0.39, 0.29) is 5.78 Å². The average molecular weight is 199 g/mol. The van der Waals surface area contributed by atoms with Gasteiger partial charge in [-0.25, -0.2) is 0 Å². The predicted molar refractivity (Wildman–Crippen MR) is 50.6 cm³/mol. The summed E-state index contributed by atoms with van der Waals surface area (Å²) < 4.78 is 5.58. The minimum absolute atomic E-state index is 0.00822. The maximum absolute atomic E-state index is 11.3. The molecular formula is C10H11ClO2. The molecule has 1 saturated heterocycles. The van der Waals surface area contributed by atoms with E-state index in [0.29, 0.717) is 5.03 Å². The number of ketones is 1. The Morgan fingerprint density at radius 1 is 1.62 bits per heavy atom. The number of carbonyl (C=O) groups excluding carboxylic acids is 1. The van der Waals surface area contributed by atoms with Crippen LogP contribution < -0.4 is 0 Å². The molecule has 2 aliphatic rings. The second-order valence-corrected chi connectivity index (χ2v) is 3.93. The van der Waals surface area contributed by atoms with Gasteiger partial charge in [0.1, 0.15) is 5.60 Å². The lowest BCUT2D eigenvalue weighted by molar-refractivity contribution is -0.111. The number of hydrogen-bond donors (Lipinski definition) is 0. The highest BCUT2D eigenvalue weighted by Gasteiger charge is 2.39. The van der Waals surface area contributed by atoms with Crippen molar-refractivity contribution in [3.8, 4) is 0 Å². The Morgan fingerprint density at radius 2 is 2.38 bits per heavy atom. The Labute approximate surface area is 82.2 Å². The van der Waals surface area contributed by atoms with E-state index in [4.69, 9.17) is 16.3 Å². The van der Waals surface area contributed by atoms with Gasteiger partial charge in [-0.3, -0.25) is 4.79 Å². The summed E-state index contributed by atoms with van der Waals surface area (Å²) in [4.78, 5) is 11.3. The summed E-state index contributed by atoms with van der Waals surface area (Å²) >= 11 is 6.01. The first-order valence-corrected chi connectivity index (χ1v) is 4.77. The molecule has 0 amide bonds. The van der Waals surface area contributed by atoms with Crippen LogP contribution in [-0.4, -0.2) is 18.0 Å². The van der Waals surface area contributed by atoms with Gasteiger partial charge in [0, 0.05) is 12.7 Å². The van der Waals surface area contributed by atoms with E-state index in [1.54, 1.807) is 6.92 Å². The number of allylic oxidation sites excluding steroid dienone is 2. The molecule has 13 heavy (non-hydrogen) atoms. The zero-order valence-electron chi connectivity index (χ0n) is 7.47. The Hall–Kier alpha value is -0.600. The maximum atomic E-state index is 11.3. The summed E-state index contributed by atoms with van der Waals surface area (Å²) in [5.74, 6) is -0.00822. The molecule has 0 saturated carbocycles. The molecule has 0 bridgehead atoms. The maximum Gasteiger partial charge on any atom is 0.182 e. The van der Waals surface area contributed by atoms with E-state index >= 15 is 0 Å². The highest BCUT2D eigenvalue weighted by molar-refractivity contribution is 6.33. The summed E-state index contributed by atoms with van der Waals surface area (Å²) in [7, 11) is 0. The first-order chi connectivity index (χ1) is 6.14. The largest absolute Gasteiger partial charge is 0.365 e. The normalized spacial score (nSPS) is 33.5. The molecule has 3 heteroatoms. The number of carbonyl (C=O) groups is 1. The molecule has 1 unspecified atom stereocenters. The number of ether oxygens (including phenoxy) is 1. The van der Waals surface area contributed by atoms with Crippen LogP contribution in [0, 0.1) is 0 Å². The van der Waals surface area contributed by atoms with E-state index in [1.807, 2.05) is 6.08 Å². The van der Waals surface area contributed by atoms with Gasteiger partial charge in [-0.1, -0.05) is 11.6 Å². The van der Waals surface area contributed by atoms with Crippen molar-refractivity contribution in [2.75, 3.05) is 6.61 Å². The van der Waals surface area contributed by atoms with Crippen LogP contribution in [0.15, 0.2) is 22.8 Å². The Balaban J connectivity index is 2.39. The lowest BCUT2D eigenvalue weighted by atomic mass is 9.90. The standard InChI is InChI=1S/C10H11ClO2/c1-7-6-10(3-2-4-13-10)9(11)5-8(7)12/h5-6H,2-4H2,1H3. The van der Waals surface area contributed by atoms with Gasteiger partial charge in [0.05, 0.1) is 5.03 Å². The fourth-order valence-electron chi connectivity index (χ4n) is 1.80. The van der Waals surface area contributed by atoms with E-state index in [1.165, 1.54) is 6.08 Å². The number of hydrogen-bond acceptors (Lipinski definition) is 2. The van der Waals surface area contributed by atoms with E-state index < -0.39 is 5.60 Å². The molecule has 0 N–H and O–H groups in total. The topological polar surface area (TPSA) is 26.3 Å². The van der Waals surface area contributed by atoms with E-state index in [9.17, 15) is 4.79 Å². The fraction of sp³-hybridized carbons (Fsp3) is 0.500. The van der Waals surface area contributed by atoms with Crippen molar-refractivity contribution in [1.29, 1.82) is 0 Å². The summed E-state index contributed by atoms with van der Waals surface area (Å²) in [6.07, 6.45) is 5.21. The Morgan fingerprint density at radius 3 is 3.00 bits per heavy atom. The molecule has 1 fully saturated rings. The lowest BCUT2D eigenvalue weighted by Gasteiger charge is -2.27. The first-order valence-electron chi connectivity index (χ1n) is 4.39. The van der Waals surface area contributed by atoms with Crippen molar-refractivity contribution in [1.82, 2.24) is 0 Å². The second-order valence-electron chi connectivity index (χ2n) is 3.53. The molecule has 70 valence electrons.